The van der Waals surface area contributed by atoms with Crippen LogP contribution in [0.3, 0.4) is 0 Å². The normalized spacial score (nSPS) is 14.2. The molecule has 0 atom stereocenters. The molecular weight excluding hydrogens is 390 g/mol. The molecule has 0 aliphatic carbocycles. The van der Waals surface area contributed by atoms with E-state index < -0.39 is 0 Å². The molecule has 2 aromatic rings. The van der Waals surface area contributed by atoms with E-state index in [0.29, 0.717) is 55.3 Å². The van der Waals surface area contributed by atoms with Crippen LogP contribution in [0.1, 0.15) is 32.9 Å². The van der Waals surface area contributed by atoms with Gasteiger partial charge in [0.15, 0.2) is 0 Å². The van der Waals surface area contributed by atoms with Gasteiger partial charge in [-0.05, 0) is 30.0 Å². The molecule has 154 valence electrons. The van der Waals surface area contributed by atoms with Crippen molar-refractivity contribution in [1.82, 2.24) is 15.1 Å². The van der Waals surface area contributed by atoms with E-state index in [4.69, 9.17) is 4.74 Å². The van der Waals surface area contributed by atoms with E-state index >= 15 is 0 Å². The lowest BCUT2D eigenvalue weighted by Gasteiger charge is -2.23. The quantitative estimate of drug-likeness (QED) is 0.785. The molecule has 1 saturated heterocycles. The van der Waals surface area contributed by atoms with Crippen molar-refractivity contribution in [2.75, 3.05) is 39.8 Å². The van der Waals surface area contributed by atoms with Crippen molar-refractivity contribution in [3.05, 3.63) is 52.2 Å². The van der Waals surface area contributed by atoms with Crippen LogP contribution in [0.25, 0.3) is 0 Å². The summed E-state index contributed by atoms with van der Waals surface area (Å²) in [6, 6.07) is 10.7. The minimum Gasteiger partial charge on any atom is -0.496 e. The molecular formula is C21H25N3O4S. The van der Waals surface area contributed by atoms with E-state index in [-0.39, 0.29) is 24.1 Å². The fraction of sp³-hybridized carbons (Fsp3) is 0.381. The number of para-hydroxylation sites is 1. The van der Waals surface area contributed by atoms with Crippen molar-refractivity contribution in [3.63, 3.8) is 0 Å². The van der Waals surface area contributed by atoms with Gasteiger partial charge in [0.25, 0.3) is 11.8 Å². The van der Waals surface area contributed by atoms with Crippen LogP contribution in [-0.4, -0.2) is 67.4 Å². The van der Waals surface area contributed by atoms with Gasteiger partial charge < -0.3 is 19.9 Å². The van der Waals surface area contributed by atoms with Crippen LogP contribution in [0.5, 0.6) is 5.75 Å². The number of methoxy groups -OCH3 is 1. The van der Waals surface area contributed by atoms with Crippen LogP contribution < -0.4 is 10.1 Å². The Morgan fingerprint density at radius 2 is 1.79 bits per heavy atom. The van der Waals surface area contributed by atoms with E-state index in [1.165, 1.54) is 11.3 Å². The lowest BCUT2D eigenvalue weighted by Crippen LogP contribution is -2.38. The molecule has 29 heavy (non-hydrogen) atoms. The van der Waals surface area contributed by atoms with E-state index in [9.17, 15) is 14.4 Å². The highest BCUT2D eigenvalue weighted by Gasteiger charge is 2.24. The number of nitrogens with one attached hydrogen (secondary N) is 1. The van der Waals surface area contributed by atoms with Crippen LogP contribution in [0, 0.1) is 0 Å². The van der Waals surface area contributed by atoms with Crippen molar-refractivity contribution in [2.24, 2.45) is 0 Å². The summed E-state index contributed by atoms with van der Waals surface area (Å²) >= 11 is 1.37. The number of ether oxygens (including phenoxy) is 1. The van der Waals surface area contributed by atoms with Gasteiger partial charge in [0.2, 0.25) is 5.91 Å². The topological polar surface area (TPSA) is 79.0 Å². The Bertz CT molecular complexity index is 853. The summed E-state index contributed by atoms with van der Waals surface area (Å²) in [7, 11) is 1.55. The second-order valence-corrected chi connectivity index (χ2v) is 7.66. The fourth-order valence-electron chi connectivity index (χ4n) is 3.30. The van der Waals surface area contributed by atoms with Gasteiger partial charge in [-0.25, -0.2) is 0 Å². The van der Waals surface area contributed by atoms with Crippen LogP contribution >= 0.6 is 11.3 Å². The zero-order chi connectivity index (χ0) is 20.6. The summed E-state index contributed by atoms with van der Waals surface area (Å²) in [6.07, 6.45) is 0.964. The van der Waals surface area contributed by atoms with Gasteiger partial charge >= 0.3 is 0 Å². The molecule has 1 aliphatic rings. The summed E-state index contributed by atoms with van der Waals surface area (Å²) in [5.74, 6) is 0.302. The summed E-state index contributed by atoms with van der Waals surface area (Å²) in [6.45, 7) is 2.46. The molecule has 0 bridgehead atoms. The minimum absolute atomic E-state index is 0.0110. The highest BCUT2D eigenvalue weighted by molar-refractivity contribution is 7.12. The molecule has 1 N–H and O–H groups in total. The van der Waals surface area contributed by atoms with Crippen molar-refractivity contribution in [1.29, 1.82) is 0 Å². The highest BCUT2D eigenvalue weighted by atomic mass is 32.1. The van der Waals surface area contributed by atoms with Gasteiger partial charge in [0.05, 0.1) is 17.6 Å². The Balaban J connectivity index is 1.49. The Labute approximate surface area is 174 Å². The number of carbonyl (C=O) groups excluding carboxylic acids is 3. The molecule has 0 unspecified atom stereocenters. The molecule has 1 aromatic heterocycles. The van der Waals surface area contributed by atoms with Crippen molar-refractivity contribution in [3.8, 4) is 5.75 Å². The zero-order valence-electron chi connectivity index (χ0n) is 16.4. The monoisotopic (exact) mass is 415 g/mol. The molecule has 3 rings (SSSR count). The Hall–Kier alpha value is -2.87. The Kier molecular flexibility index (Phi) is 7.24. The van der Waals surface area contributed by atoms with Crippen LogP contribution in [-0.2, 0) is 4.79 Å². The Morgan fingerprint density at radius 1 is 1.03 bits per heavy atom. The molecule has 2 heterocycles. The summed E-state index contributed by atoms with van der Waals surface area (Å²) in [5, 5.41) is 4.62. The van der Waals surface area contributed by atoms with Gasteiger partial charge in [-0.3, -0.25) is 14.4 Å². The van der Waals surface area contributed by atoms with E-state index in [0.717, 1.165) is 0 Å². The van der Waals surface area contributed by atoms with Crippen molar-refractivity contribution in [2.45, 2.75) is 12.8 Å². The zero-order valence-corrected chi connectivity index (χ0v) is 17.2. The van der Waals surface area contributed by atoms with E-state index in [1.54, 1.807) is 35.1 Å². The highest BCUT2D eigenvalue weighted by Crippen LogP contribution is 2.20. The van der Waals surface area contributed by atoms with Crippen LogP contribution in [0.4, 0.5) is 0 Å². The minimum atomic E-state index is -0.155. The molecule has 1 aromatic carbocycles. The number of rotatable bonds is 6. The van der Waals surface area contributed by atoms with Crippen LogP contribution in [0.15, 0.2) is 41.8 Å². The smallest absolute Gasteiger partial charge is 0.261 e. The number of benzene rings is 1. The average molecular weight is 416 g/mol. The number of amides is 3. The molecule has 0 spiro atoms. The predicted molar refractivity (Wildman–Crippen MR) is 111 cm³/mol. The summed E-state index contributed by atoms with van der Waals surface area (Å²) in [4.78, 5) is 41.5. The first-order chi connectivity index (χ1) is 14.1. The van der Waals surface area contributed by atoms with Gasteiger partial charge in [-0.15, -0.1) is 11.3 Å². The number of thiophene rings is 1. The van der Waals surface area contributed by atoms with Gasteiger partial charge in [-0.1, -0.05) is 18.2 Å². The van der Waals surface area contributed by atoms with E-state index in [2.05, 4.69) is 5.32 Å². The number of hydrogen-bond acceptors (Lipinski definition) is 5. The van der Waals surface area contributed by atoms with Gasteiger partial charge in [0.1, 0.15) is 5.75 Å². The predicted octanol–water partition coefficient (Wildman–Crippen LogP) is 2.25. The van der Waals surface area contributed by atoms with Crippen LogP contribution in [0.2, 0.25) is 0 Å². The maximum Gasteiger partial charge on any atom is 0.261 e. The third-order valence-electron chi connectivity index (χ3n) is 4.84. The Morgan fingerprint density at radius 3 is 2.55 bits per heavy atom. The lowest BCUT2D eigenvalue weighted by atomic mass is 10.1. The first kappa shape index (κ1) is 20.9. The van der Waals surface area contributed by atoms with Gasteiger partial charge in [-0.2, -0.15) is 0 Å². The summed E-state index contributed by atoms with van der Waals surface area (Å²) < 4.78 is 5.29. The molecule has 0 radical (unpaired) electrons. The molecule has 7 nitrogen and oxygen atoms in total. The lowest BCUT2D eigenvalue weighted by molar-refractivity contribution is -0.130. The standard InChI is InChI=1S/C21H25N3O4S/c1-28-17-7-3-2-6-16(17)21(27)24-12-5-11-23(13-14-24)19(25)9-10-22-20(26)18-8-4-15-29-18/h2-4,6-8,15H,5,9-14H2,1H3,(H,22,26). The molecule has 3 amide bonds. The van der Waals surface area contributed by atoms with E-state index in [1.807, 2.05) is 23.6 Å². The van der Waals surface area contributed by atoms with Crippen molar-refractivity contribution >= 4 is 29.1 Å². The molecule has 1 aliphatic heterocycles. The molecule has 8 heteroatoms. The van der Waals surface area contributed by atoms with Gasteiger partial charge in [0, 0.05) is 39.1 Å². The number of hydrogen-bond donors (Lipinski definition) is 1. The average Bonchev–Trinajstić information content (AvgIpc) is 3.17. The maximum atomic E-state index is 12.9. The van der Waals surface area contributed by atoms with Crippen molar-refractivity contribution < 1.29 is 19.1 Å². The first-order valence-electron chi connectivity index (χ1n) is 9.62. The third kappa shape index (κ3) is 5.35. The SMILES string of the molecule is COc1ccccc1C(=O)N1CCCN(C(=O)CCNC(=O)c2cccs2)CC1. The first-order valence-corrected chi connectivity index (χ1v) is 10.5. The third-order valence-corrected chi connectivity index (χ3v) is 5.71. The number of carbonyl (C=O) groups is 3. The maximum absolute atomic E-state index is 12.9. The fourth-order valence-corrected chi connectivity index (χ4v) is 3.94. The largest absolute Gasteiger partial charge is 0.496 e. The molecule has 0 saturated carbocycles. The number of nitrogens with zero attached hydrogens (tertiary/aromatic N) is 2. The second kappa shape index (κ2) is 10.1. The molecule has 1 fully saturated rings. The second-order valence-electron chi connectivity index (χ2n) is 6.71. The summed E-state index contributed by atoms with van der Waals surface area (Å²) in [5.41, 5.74) is 0.533.